The van der Waals surface area contributed by atoms with Gasteiger partial charge in [0.25, 0.3) is 0 Å². The number of benzene rings is 1. The molecule has 1 aromatic carbocycles. The molecule has 20 heavy (non-hydrogen) atoms. The predicted molar refractivity (Wildman–Crippen MR) is 90.5 cm³/mol. The molecule has 1 atom stereocenters. The minimum Gasteiger partial charge on any atom is -0.319 e. The molecule has 1 aromatic rings. The van der Waals surface area contributed by atoms with Gasteiger partial charge in [-0.2, -0.15) is 0 Å². The molecule has 1 nitrogen and oxygen atoms in total. The maximum atomic E-state index is 3.35. The molecule has 0 radical (unpaired) electrons. The molecule has 0 aliphatic carbocycles. The quantitative estimate of drug-likeness (QED) is 0.530. The van der Waals surface area contributed by atoms with Crippen LogP contribution in [0.2, 0.25) is 0 Å². The van der Waals surface area contributed by atoms with Crippen LogP contribution in [0, 0.1) is 6.92 Å². The molecule has 0 amide bonds. The van der Waals surface area contributed by atoms with Crippen LogP contribution < -0.4 is 5.32 Å². The van der Waals surface area contributed by atoms with E-state index >= 15 is 0 Å². The molecule has 0 saturated heterocycles. The molecule has 0 aliphatic rings. The summed E-state index contributed by atoms with van der Waals surface area (Å²) in [6.45, 7) is 5.54. The molecule has 1 N–H and O–H groups in total. The van der Waals surface area contributed by atoms with Gasteiger partial charge in [0.2, 0.25) is 0 Å². The van der Waals surface area contributed by atoms with Crippen LogP contribution in [0.25, 0.3) is 0 Å². The topological polar surface area (TPSA) is 12.0 Å². The smallest absolute Gasteiger partial charge is 0.00171 e. The Morgan fingerprint density at radius 2 is 1.50 bits per heavy atom. The van der Waals surface area contributed by atoms with Crippen molar-refractivity contribution >= 4 is 0 Å². The molecule has 0 aromatic heterocycles. The summed E-state index contributed by atoms with van der Waals surface area (Å²) in [6.07, 6.45) is 11.1. The number of aryl methyl sites for hydroxylation is 1. The molecule has 0 aliphatic heterocycles. The van der Waals surface area contributed by atoms with Gasteiger partial charge < -0.3 is 5.32 Å². The molecule has 1 unspecified atom stereocenters. The Kier molecular flexibility index (Phi) is 9.40. The molecular formula is C19H33N. The van der Waals surface area contributed by atoms with Gasteiger partial charge in [0.15, 0.2) is 0 Å². The molecule has 0 bridgehead atoms. The third-order valence-electron chi connectivity index (χ3n) is 4.16. The molecule has 1 heteroatoms. The van der Waals surface area contributed by atoms with Crippen molar-refractivity contribution in [1.82, 2.24) is 5.32 Å². The fourth-order valence-corrected chi connectivity index (χ4v) is 2.82. The van der Waals surface area contributed by atoms with Gasteiger partial charge in [-0.15, -0.1) is 0 Å². The first-order chi connectivity index (χ1) is 9.77. The van der Waals surface area contributed by atoms with E-state index < -0.39 is 0 Å². The van der Waals surface area contributed by atoms with Gasteiger partial charge in [-0.1, -0.05) is 81.7 Å². The first-order valence-electron chi connectivity index (χ1n) is 8.49. The molecular weight excluding hydrogens is 242 g/mol. The minimum atomic E-state index is 0.677. The molecule has 0 spiro atoms. The van der Waals surface area contributed by atoms with E-state index in [0.29, 0.717) is 5.92 Å². The van der Waals surface area contributed by atoms with Gasteiger partial charge in [0.1, 0.15) is 0 Å². The highest BCUT2D eigenvalue weighted by atomic mass is 14.8. The second-order valence-corrected chi connectivity index (χ2v) is 6.08. The van der Waals surface area contributed by atoms with E-state index in [1.807, 2.05) is 0 Å². The van der Waals surface area contributed by atoms with Crippen LogP contribution in [0.4, 0.5) is 0 Å². The minimum absolute atomic E-state index is 0.677. The Morgan fingerprint density at radius 3 is 2.10 bits per heavy atom. The lowest BCUT2D eigenvalue weighted by molar-refractivity contribution is 0.519. The summed E-state index contributed by atoms with van der Waals surface area (Å²) < 4.78 is 0. The zero-order valence-electron chi connectivity index (χ0n) is 13.8. The first kappa shape index (κ1) is 17.2. The molecule has 0 heterocycles. The standard InChI is InChI=1S/C19H33N/c1-4-5-6-7-8-9-10-11-19(16-20-3)18-14-12-17(2)13-15-18/h12-15,19-20H,4-11,16H2,1-3H3. The van der Waals surface area contributed by atoms with E-state index in [9.17, 15) is 0 Å². The zero-order valence-corrected chi connectivity index (χ0v) is 13.8. The number of nitrogens with one attached hydrogen (secondary N) is 1. The van der Waals surface area contributed by atoms with Crippen LogP contribution in [-0.2, 0) is 0 Å². The average molecular weight is 275 g/mol. The van der Waals surface area contributed by atoms with E-state index in [4.69, 9.17) is 0 Å². The van der Waals surface area contributed by atoms with Gasteiger partial charge in [0, 0.05) is 6.54 Å². The van der Waals surface area contributed by atoms with Gasteiger partial charge >= 0.3 is 0 Å². The normalized spacial score (nSPS) is 12.6. The van der Waals surface area contributed by atoms with Gasteiger partial charge in [-0.05, 0) is 31.9 Å². The van der Waals surface area contributed by atoms with Gasteiger partial charge in [-0.3, -0.25) is 0 Å². The van der Waals surface area contributed by atoms with E-state index in [0.717, 1.165) is 6.54 Å². The second kappa shape index (κ2) is 10.9. The molecule has 0 fully saturated rings. The number of hydrogen-bond donors (Lipinski definition) is 1. The summed E-state index contributed by atoms with van der Waals surface area (Å²) in [5, 5.41) is 3.35. The van der Waals surface area contributed by atoms with Crippen LogP contribution in [-0.4, -0.2) is 13.6 Å². The maximum Gasteiger partial charge on any atom is 0.00171 e. The Labute approximate surface area is 126 Å². The summed E-state index contributed by atoms with van der Waals surface area (Å²) >= 11 is 0. The van der Waals surface area contributed by atoms with E-state index in [-0.39, 0.29) is 0 Å². The van der Waals surface area contributed by atoms with Crippen LogP contribution >= 0.6 is 0 Å². The highest BCUT2D eigenvalue weighted by molar-refractivity contribution is 5.24. The lowest BCUT2D eigenvalue weighted by Crippen LogP contribution is -2.17. The Morgan fingerprint density at radius 1 is 0.900 bits per heavy atom. The lowest BCUT2D eigenvalue weighted by Gasteiger charge is -2.17. The molecule has 0 saturated carbocycles. The molecule has 1 rings (SSSR count). The fraction of sp³-hybridized carbons (Fsp3) is 0.684. The highest BCUT2D eigenvalue weighted by Gasteiger charge is 2.10. The van der Waals surface area contributed by atoms with Gasteiger partial charge in [-0.25, -0.2) is 0 Å². The van der Waals surface area contributed by atoms with Crippen molar-refractivity contribution in [2.75, 3.05) is 13.6 Å². The van der Waals surface area contributed by atoms with Crippen molar-refractivity contribution in [3.05, 3.63) is 35.4 Å². The Bertz CT molecular complexity index is 328. The fourth-order valence-electron chi connectivity index (χ4n) is 2.82. The number of likely N-dealkylation sites (N-methyl/N-ethyl adjacent to an activating group) is 1. The Balaban J connectivity index is 2.27. The summed E-state index contributed by atoms with van der Waals surface area (Å²) in [4.78, 5) is 0. The summed E-state index contributed by atoms with van der Waals surface area (Å²) in [7, 11) is 2.06. The summed E-state index contributed by atoms with van der Waals surface area (Å²) in [6, 6.07) is 9.09. The highest BCUT2D eigenvalue weighted by Crippen LogP contribution is 2.22. The van der Waals surface area contributed by atoms with Crippen molar-refractivity contribution in [1.29, 1.82) is 0 Å². The number of unbranched alkanes of at least 4 members (excludes halogenated alkanes) is 6. The SMILES string of the molecule is CCCCCCCCCC(CNC)c1ccc(C)cc1. The van der Waals surface area contributed by atoms with Crippen molar-refractivity contribution in [2.24, 2.45) is 0 Å². The van der Waals surface area contributed by atoms with E-state index in [1.165, 1.54) is 62.5 Å². The summed E-state index contributed by atoms with van der Waals surface area (Å²) in [5.41, 5.74) is 2.85. The third-order valence-corrected chi connectivity index (χ3v) is 4.16. The van der Waals surface area contributed by atoms with Crippen LogP contribution in [0.1, 0.15) is 75.3 Å². The second-order valence-electron chi connectivity index (χ2n) is 6.08. The predicted octanol–water partition coefficient (Wildman–Crippen LogP) is 5.44. The number of rotatable bonds is 11. The van der Waals surface area contributed by atoms with E-state index in [2.05, 4.69) is 50.5 Å². The van der Waals surface area contributed by atoms with Crippen molar-refractivity contribution < 1.29 is 0 Å². The van der Waals surface area contributed by atoms with Crippen LogP contribution in [0.5, 0.6) is 0 Å². The largest absolute Gasteiger partial charge is 0.319 e. The van der Waals surface area contributed by atoms with Crippen LogP contribution in [0.15, 0.2) is 24.3 Å². The van der Waals surface area contributed by atoms with Gasteiger partial charge in [0.05, 0.1) is 0 Å². The maximum absolute atomic E-state index is 3.35. The lowest BCUT2D eigenvalue weighted by atomic mass is 9.92. The zero-order chi connectivity index (χ0) is 14.6. The Hall–Kier alpha value is -0.820. The van der Waals surface area contributed by atoms with Crippen molar-refractivity contribution in [3.8, 4) is 0 Å². The van der Waals surface area contributed by atoms with Crippen molar-refractivity contribution in [3.63, 3.8) is 0 Å². The monoisotopic (exact) mass is 275 g/mol. The third kappa shape index (κ3) is 7.09. The van der Waals surface area contributed by atoms with Crippen LogP contribution in [0.3, 0.4) is 0 Å². The summed E-state index contributed by atoms with van der Waals surface area (Å²) in [5.74, 6) is 0.677. The van der Waals surface area contributed by atoms with E-state index in [1.54, 1.807) is 0 Å². The average Bonchev–Trinajstić information content (AvgIpc) is 2.46. The molecule has 114 valence electrons. The first-order valence-corrected chi connectivity index (χ1v) is 8.49. The van der Waals surface area contributed by atoms with Crippen molar-refractivity contribution in [2.45, 2.75) is 71.1 Å². The number of hydrogen-bond acceptors (Lipinski definition) is 1.